The lowest BCUT2D eigenvalue weighted by atomic mass is 10.1. The van der Waals surface area contributed by atoms with Crippen LogP contribution >= 0.6 is 15.9 Å². The van der Waals surface area contributed by atoms with Gasteiger partial charge in [0.15, 0.2) is 11.5 Å². The van der Waals surface area contributed by atoms with Crippen molar-refractivity contribution in [2.45, 2.75) is 6.92 Å². The maximum absolute atomic E-state index is 12.1. The summed E-state index contributed by atoms with van der Waals surface area (Å²) in [6, 6.07) is 14.0. The monoisotopic (exact) mass is 396 g/mol. The van der Waals surface area contributed by atoms with Crippen LogP contribution in [0.2, 0.25) is 0 Å². The molecular formula is C19H13BrN2O3. The number of hydrogen-bond acceptors (Lipinski definition) is 5. The van der Waals surface area contributed by atoms with Crippen LogP contribution < -0.4 is 9.47 Å². The zero-order chi connectivity index (χ0) is 18.2. The van der Waals surface area contributed by atoms with Gasteiger partial charge in [-0.15, -0.1) is 0 Å². The second-order valence-electron chi connectivity index (χ2n) is 4.78. The number of benzene rings is 2. The van der Waals surface area contributed by atoms with Gasteiger partial charge in [-0.2, -0.15) is 10.5 Å². The average Bonchev–Trinajstić information content (AvgIpc) is 2.62. The van der Waals surface area contributed by atoms with Crippen molar-refractivity contribution in [1.82, 2.24) is 0 Å². The first-order valence-electron chi connectivity index (χ1n) is 7.34. The third kappa shape index (κ3) is 4.69. The summed E-state index contributed by atoms with van der Waals surface area (Å²) in [5.74, 6) is -0.129. The van der Waals surface area contributed by atoms with Gasteiger partial charge in [-0.05, 0) is 46.6 Å². The lowest BCUT2D eigenvalue weighted by Crippen LogP contribution is -2.07. The summed E-state index contributed by atoms with van der Waals surface area (Å²) in [5.41, 5.74) is 1.46. The number of nitrogens with zero attached hydrogens (tertiary/aromatic N) is 2. The van der Waals surface area contributed by atoms with Crippen LogP contribution in [0.4, 0.5) is 0 Å². The number of carbonyl (C=O) groups is 1. The Bertz CT molecular complexity index is 908. The number of carbonyl (C=O) groups excluding carboxylic acids is 1. The molecule has 0 heterocycles. The summed E-state index contributed by atoms with van der Waals surface area (Å²) in [7, 11) is 0. The van der Waals surface area contributed by atoms with Gasteiger partial charge in [-0.1, -0.05) is 18.2 Å². The molecule has 0 aliphatic rings. The van der Waals surface area contributed by atoms with Crippen molar-refractivity contribution in [3.05, 3.63) is 63.6 Å². The highest BCUT2D eigenvalue weighted by Gasteiger charge is 2.15. The predicted molar refractivity (Wildman–Crippen MR) is 95.9 cm³/mol. The second-order valence-corrected chi connectivity index (χ2v) is 5.64. The van der Waals surface area contributed by atoms with E-state index in [0.717, 1.165) is 0 Å². The summed E-state index contributed by atoms with van der Waals surface area (Å²) in [6.07, 6.45) is 2.75. The van der Waals surface area contributed by atoms with Crippen LogP contribution in [-0.4, -0.2) is 12.6 Å². The average molecular weight is 397 g/mol. The summed E-state index contributed by atoms with van der Waals surface area (Å²) >= 11 is 3.28. The Hall–Kier alpha value is -3.09. The third-order valence-corrected chi connectivity index (χ3v) is 3.71. The lowest BCUT2D eigenvalue weighted by Gasteiger charge is -2.11. The Labute approximate surface area is 153 Å². The van der Waals surface area contributed by atoms with Crippen molar-refractivity contribution in [1.29, 1.82) is 10.5 Å². The standard InChI is InChI=1S/C19H13BrN2O3/c1-2-24-17-10-13(11-21)9-16(20)19(17)25-18(23)8-7-14-5-3-4-6-15(14)12-22/h3-10H,2H2,1H3/b8-7+. The topological polar surface area (TPSA) is 83.1 Å². The molecule has 0 bridgehead atoms. The van der Waals surface area contributed by atoms with Crippen LogP contribution in [0.3, 0.4) is 0 Å². The van der Waals surface area contributed by atoms with E-state index in [1.165, 1.54) is 18.2 Å². The van der Waals surface area contributed by atoms with E-state index in [4.69, 9.17) is 20.0 Å². The normalized spacial score (nSPS) is 10.1. The molecule has 5 nitrogen and oxygen atoms in total. The molecule has 0 unspecified atom stereocenters. The van der Waals surface area contributed by atoms with Gasteiger partial charge < -0.3 is 9.47 Å². The molecule has 6 heteroatoms. The summed E-state index contributed by atoms with van der Waals surface area (Å²) in [4.78, 5) is 12.1. The van der Waals surface area contributed by atoms with Crippen LogP contribution in [0, 0.1) is 22.7 Å². The number of ether oxygens (including phenoxy) is 2. The molecule has 0 spiro atoms. The SMILES string of the molecule is CCOc1cc(C#N)cc(Br)c1OC(=O)/C=C/c1ccccc1C#N. The van der Waals surface area contributed by atoms with E-state index in [2.05, 4.69) is 22.0 Å². The fourth-order valence-corrected chi connectivity index (χ4v) is 2.55. The number of hydrogen-bond donors (Lipinski definition) is 0. The first-order valence-corrected chi connectivity index (χ1v) is 8.13. The largest absolute Gasteiger partial charge is 0.490 e. The summed E-state index contributed by atoms with van der Waals surface area (Å²) < 4.78 is 11.2. The number of nitriles is 2. The van der Waals surface area contributed by atoms with Crippen molar-refractivity contribution >= 4 is 28.0 Å². The van der Waals surface area contributed by atoms with Gasteiger partial charge >= 0.3 is 5.97 Å². The van der Waals surface area contributed by atoms with Gasteiger partial charge in [0.05, 0.1) is 34.3 Å². The zero-order valence-electron chi connectivity index (χ0n) is 13.3. The van der Waals surface area contributed by atoms with E-state index in [1.54, 1.807) is 37.3 Å². The Morgan fingerprint density at radius 1 is 1.24 bits per heavy atom. The fraction of sp³-hybridized carbons (Fsp3) is 0.105. The molecule has 0 radical (unpaired) electrons. The van der Waals surface area contributed by atoms with Crippen molar-refractivity contribution in [2.75, 3.05) is 6.61 Å². The zero-order valence-corrected chi connectivity index (χ0v) is 14.9. The molecule has 25 heavy (non-hydrogen) atoms. The molecule has 0 aromatic heterocycles. The minimum absolute atomic E-state index is 0.198. The molecule has 2 rings (SSSR count). The van der Waals surface area contributed by atoms with E-state index in [9.17, 15) is 4.79 Å². The van der Waals surface area contributed by atoms with Crippen molar-refractivity contribution < 1.29 is 14.3 Å². The van der Waals surface area contributed by atoms with Crippen LogP contribution in [0.5, 0.6) is 11.5 Å². The van der Waals surface area contributed by atoms with Crippen LogP contribution in [-0.2, 0) is 4.79 Å². The quantitative estimate of drug-likeness (QED) is 0.429. The predicted octanol–water partition coefficient (Wildman–Crippen LogP) is 4.21. The lowest BCUT2D eigenvalue weighted by molar-refractivity contribution is -0.129. The van der Waals surface area contributed by atoms with Crippen molar-refractivity contribution in [2.24, 2.45) is 0 Å². The van der Waals surface area contributed by atoms with Gasteiger partial charge in [0.2, 0.25) is 0 Å². The molecular weight excluding hydrogens is 384 g/mol. The minimum Gasteiger partial charge on any atom is -0.490 e. The smallest absolute Gasteiger partial charge is 0.336 e. The molecule has 0 saturated carbocycles. The molecule has 2 aromatic rings. The Kier molecular flexibility index (Phi) is 6.33. The second kappa shape index (κ2) is 8.68. The molecule has 0 N–H and O–H groups in total. The van der Waals surface area contributed by atoms with Crippen molar-refractivity contribution in [3.8, 4) is 23.6 Å². The number of rotatable bonds is 5. The maximum atomic E-state index is 12.1. The molecule has 124 valence electrons. The molecule has 0 aliphatic carbocycles. The highest BCUT2D eigenvalue weighted by molar-refractivity contribution is 9.10. The summed E-state index contributed by atoms with van der Waals surface area (Å²) in [5, 5.41) is 18.1. The van der Waals surface area contributed by atoms with Gasteiger partial charge in [-0.25, -0.2) is 4.79 Å². The Balaban J connectivity index is 2.25. The number of halogens is 1. The van der Waals surface area contributed by atoms with Gasteiger partial charge in [0.25, 0.3) is 0 Å². The van der Waals surface area contributed by atoms with E-state index in [-0.39, 0.29) is 5.75 Å². The molecule has 0 amide bonds. The van der Waals surface area contributed by atoms with E-state index >= 15 is 0 Å². The van der Waals surface area contributed by atoms with E-state index < -0.39 is 5.97 Å². The first-order chi connectivity index (χ1) is 12.1. The van der Waals surface area contributed by atoms with Gasteiger partial charge in [0, 0.05) is 12.1 Å². The first kappa shape index (κ1) is 18.3. The van der Waals surface area contributed by atoms with Crippen molar-refractivity contribution in [3.63, 3.8) is 0 Å². The number of esters is 1. The third-order valence-electron chi connectivity index (χ3n) is 3.12. The highest BCUT2D eigenvalue weighted by Crippen LogP contribution is 2.37. The summed E-state index contributed by atoms with van der Waals surface area (Å²) in [6.45, 7) is 2.15. The van der Waals surface area contributed by atoms with Gasteiger partial charge in [0.1, 0.15) is 0 Å². The molecule has 0 fully saturated rings. The molecule has 0 atom stereocenters. The van der Waals surface area contributed by atoms with E-state index in [1.807, 2.05) is 6.07 Å². The Morgan fingerprint density at radius 3 is 2.68 bits per heavy atom. The van der Waals surface area contributed by atoms with Crippen LogP contribution in [0.15, 0.2) is 46.9 Å². The Morgan fingerprint density at radius 2 is 2.00 bits per heavy atom. The highest BCUT2D eigenvalue weighted by atomic mass is 79.9. The molecule has 0 aliphatic heterocycles. The maximum Gasteiger partial charge on any atom is 0.336 e. The molecule has 0 saturated heterocycles. The van der Waals surface area contributed by atoms with Crippen LogP contribution in [0.1, 0.15) is 23.6 Å². The molecule has 2 aromatic carbocycles. The van der Waals surface area contributed by atoms with E-state index in [0.29, 0.717) is 33.5 Å². The minimum atomic E-state index is -0.626. The fourth-order valence-electron chi connectivity index (χ4n) is 2.03. The van der Waals surface area contributed by atoms with Crippen LogP contribution in [0.25, 0.3) is 6.08 Å². The van der Waals surface area contributed by atoms with Gasteiger partial charge in [-0.3, -0.25) is 0 Å².